The molecule has 4 aromatic rings. The molecule has 31 heavy (non-hydrogen) atoms. The van der Waals surface area contributed by atoms with E-state index in [0.29, 0.717) is 13.1 Å². The van der Waals surface area contributed by atoms with E-state index in [0.717, 1.165) is 46.2 Å². The van der Waals surface area contributed by atoms with E-state index in [1.807, 2.05) is 34.9 Å². The van der Waals surface area contributed by atoms with Crippen molar-refractivity contribution in [1.29, 1.82) is 0 Å². The molecule has 2 aromatic carbocycles. The second kappa shape index (κ2) is 7.65. The second-order valence-electron chi connectivity index (χ2n) is 8.66. The highest BCUT2D eigenvalue weighted by Crippen LogP contribution is 2.35. The Morgan fingerprint density at radius 3 is 2.32 bits per heavy atom. The van der Waals surface area contributed by atoms with Crippen LogP contribution < -0.4 is 11.2 Å². The first kappa shape index (κ1) is 20.0. The van der Waals surface area contributed by atoms with Crippen molar-refractivity contribution in [3.63, 3.8) is 0 Å². The Labute approximate surface area is 185 Å². The summed E-state index contributed by atoms with van der Waals surface area (Å²) in [6.07, 6.45) is 3.02. The molecular weight excluding hydrogens is 404 g/mol. The Morgan fingerprint density at radius 2 is 1.61 bits per heavy atom. The molecule has 4 nitrogen and oxygen atoms in total. The topological polar surface area (TPSA) is 44.0 Å². The minimum absolute atomic E-state index is 0.142. The lowest BCUT2D eigenvalue weighted by atomic mass is 10.00. The fourth-order valence-corrected chi connectivity index (χ4v) is 6.29. The van der Waals surface area contributed by atoms with Crippen LogP contribution in [0.4, 0.5) is 0 Å². The Bertz CT molecular complexity index is 1400. The monoisotopic (exact) mass is 430 g/mol. The maximum absolute atomic E-state index is 13.7. The average Bonchev–Trinajstić information content (AvgIpc) is 3.32. The predicted molar refractivity (Wildman–Crippen MR) is 128 cm³/mol. The molecule has 1 aliphatic rings. The maximum Gasteiger partial charge on any atom is 0.332 e. The number of fused-ring (bicyclic) bond motifs is 3. The molecule has 0 fully saturated rings. The zero-order valence-electron chi connectivity index (χ0n) is 18.2. The van der Waals surface area contributed by atoms with Crippen molar-refractivity contribution in [2.24, 2.45) is 0 Å². The number of rotatable bonds is 4. The third-order valence-corrected chi connectivity index (χ3v) is 7.72. The summed E-state index contributed by atoms with van der Waals surface area (Å²) in [7, 11) is 0. The lowest BCUT2D eigenvalue weighted by molar-refractivity contribution is 0.635. The van der Waals surface area contributed by atoms with Gasteiger partial charge in [-0.2, -0.15) is 0 Å². The first-order valence-corrected chi connectivity index (χ1v) is 11.6. The van der Waals surface area contributed by atoms with Crippen molar-refractivity contribution in [3.8, 4) is 0 Å². The molecule has 5 rings (SSSR count). The van der Waals surface area contributed by atoms with Crippen LogP contribution in [0.25, 0.3) is 10.2 Å². The van der Waals surface area contributed by atoms with Gasteiger partial charge in [0, 0.05) is 4.88 Å². The molecule has 0 saturated carbocycles. The third-order valence-electron chi connectivity index (χ3n) is 6.41. The Hall–Kier alpha value is -2.92. The van der Waals surface area contributed by atoms with Gasteiger partial charge in [0.15, 0.2) is 0 Å². The second-order valence-corrected chi connectivity index (χ2v) is 9.74. The highest BCUT2D eigenvalue weighted by Gasteiger charge is 2.25. The van der Waals surface area contributed by atoms with Crippen molar-refractivity contribution in [3.05, 3.63) is 102 Å². The minimum atomic E-state index is -0.222. The summed E-state index contributed by atoms with van der Waals surface area (Å²) in [5.74, 6) is 0. The molecule has 2 aromatic heterocycles. The van der Waals surface area contributed by atoms with Crippen molar-refractivity contribution < 1.29 is 0 Å². The fourth-order valence-electron chi connectivity index (χ4n) is 4.92. The van der Waals surface area contributed by atoms with Crippen LogP contribution >= 0.6 is 11.3 Å². The molecule has 0 radical (unpaired) electrons. The third kappa shape index (κ3) is 3.37. The van der Waals surface area contributed by atoms with Gasteiger partial charge in [0.1, 0.15) is 4.83 Å². The fraction of sp³-hybridized carbons (Fsp3) is 0.308. The van der Waals surface area contributed by atoms with Crippen LogP contribution in [0.1, 0.15) is 44.7 Å². The Kier molecular flexibility index (Phi) is 4.94. The van der Waals surface area contributed by atoms with Gasteiger partial charge in [-0.15, -0.1) is 11.3 Å². The molecule has 5 heteroatoms. The molecule has 1 aliphatic carbocycles. The van der Waals surface area contributed by atoms with Crippen LogP contribution in [0, 0.1) is 20.8 Å². The zero-order chi connectivity index (χ0) is 21.7. The largest absolute Gasteiger partial charge is 0.332 e. The lowest BCUT2D eigenvalue weighted by Crippen LogP contribution is -2.40. The molecule has 158 valence electrons. The Balaban J connectivity index is 1.76. The number of aryl methyl sites for hydroxylation is 5. The molecule has 0 bridgehead atoms. The Morgan fingerprint density at radius 1 is 0.903 bits per heavy atom. The standard InChI is InChI=1S/C26H26N2O2S/c1-16-12-17(2)21(18(3)13-16)15-28-25-23(20-10-7-11-22(20)31-25)24(29)27(26(28)30)14-19-8-5-4-6-9-19/h4-6,8-9,12-13H,7,10-11,14-15H2,1-3H3. The van der Waals surface area contributed by atoms with Crippen molar-refractivity contribution in [2.45, 2.75) is 53.1 Å². The van der Waals surface area contributed by atoms with Crippen LogP contribution in [-0.4, -0.2) is 9.13 Å². The number of nitrogens with zero attached hydrogens (tertiary/aromatic N) is 2. The molecule has 0 unspecified atom stereocenters. The lowest BCUT2D eigenvalue weighted by Gasteiger charge is -2.16. The van der Waals surface area contributed by atoms with Gasteiger partial charge in [0.2, 0.25) is 0 Å². The van der Waals surface area contributed by atoms with E-state index in [-0.39, 0.29) is 11.2 Å². The predicted octanol–water partition coefficient (Wildman–Crippen LogP) is 4.74. The molecule has 0 atom stereocenters. The minimum Gasteiger partial charge on any atom is -0.280 e. The van der Waals surface area contributed by atoms with E-state index in [2.05, 4.69) is 32.9 Å². The number of hydrogen-bond acceptors (Lipinski definition) is 3. The smallest absolute Gasteiger partial charge is 0.280 e. The zero-order valence-corrected chi connectivity index (χ0v) is 19.0. The van der Waals surface area contributed by atoms with Crippen molar-refractivity contribution >= 4 is 21.6 Å². The van der Waals surface area contributed by atoms with Gasteiger partial charge >= 0.3 is 5.69 Å². The normalized spacial score (nSPS) is 13.1. The van der Waals surface area contributed by atoms with E-state index in [4.69, 9.17) is 0 Å². The van der Waals surface area contributed by atoms with Crippen LogP contribution in [0.3, 0.4) is 0 Å². The number of thiophene rings is 1. The highest BCUT2D eigenvalue weighted by molar-refractivity contribution is 7.18. The van der Waals surface area contributed by atoms with Crippen LogP contribution in [-0.2, 0) is 25.9 Å². The summed E-state index contributed by atoms with van der Waals surface area (Å²) >= 11 is 1.64. The maximum atomic E-state index is 13.7. The summed E-state index contributed by atoms with van der Waals surface area (Å²) in [5, 5.41) is 0.760. The van der Waals surface area contributed by atoms with Gasteiger partial charge in [-0.1, -0.05) is 48.0 Å². The molecule has 0 spiro atoms. The van der Waals surface area contributed by atoms with Crippen molar-refractivity contribution in [1.82, 2.24) is 9.13 Å². The SMILES string of the molecule is Cc1cc(C)c(Cn2c(=O)n(Cc3ccccc3)c(=O)c3c4c(sc32)CCC4)c(C)c1. The summed E-state index contributed by atoms with van der Waals surface area (Å²) < 4.78 is 3.27. The summed E-state index contributed by atoms with van der Waals surface area (Å²) in [6.45, 7) is 7.09. The first-order valence-electron chi connectivity index (χ1n) is 10.8. The van der Waals surface area contributed by atoms with Gasteiger partial charge in [0.05, 0.1) is 18.5 Å². The molecule has 2 heterocycles. The van der Waals surface area contributed by atoms with Crippen molar-refractivity contribution in [2.75, 3.05) is 0 Å². The number of hydrogen-bond donors (Lipinski definition) is 0. The summed E-state index contributed by atoms with van der Waals surface area (Å²) in [6, 6.07) is 14.1. The van der Waals surface area contributed by atoms with E-state index in [1.54, 1.807) is 11.3 Å². The van der Waals surface area contributed by atoms with E-state index >= 15 is 0 Å². The quantitative estimate of drug-likeness (QED) is 0.470. The summed E-state index contributed by atoms with van der Waals surface area (Å²) in [4.78, 5) is 29.3. The van der Waals surface area contributed by atoms with E-state index < -0.39 is 0 Å². The average molecular weight is 431 g/mol. The van der Waals surface area contributed by atoms with Crippen LogP contribution in [0.2, 0.25) is 0 Å². The van der Waals surface area contributed by atoms with E-state index in [9.17, 15) is 9.59 Å². The van der Waals surface area contributed by atoms with Gasteiger partial charge < -0.3 is 0 Å². The van der Waals surface area contributed by atoms with Gasteiger partial charge in [-0.25, -0.2) is 4.79 Å². The van der Waals surface area contributed by atoms with E-state index in [1.165, 1.54) is 26.1 Å². The highest BCUT2D eigenvalue weighted by atomic mass is 32.1. The number of aromatic nitrogens is 2. The van der Waals surface area contributed by atoms with Crippen LogP contribution in [0.15, 0.2) is 52.1 Å². The van der Waals surface area contributed by atoms with Crippen LogP contribution in [0.5, 0.6) is 0 Å². The summed E-state index contributed by atoms with van der Waals surface area (Å²) in [5.41, 5.74) is 6.51. The van der Waals surface area contributed by atoms with Gasteiger partial charge in [-0.05, 0) is 67.9 Å². The molecule has 0 amide bonds. The molecule has 0 N–H and O–H groups in total. The number of benzene rings is 2. The molecule has 0 saturated heterocycles. The molecular formula is C26H26N2O2S. The first-order chi connectivity index (χ1) is 14.9. The van der Waals surface area contributed by atoms with Gasteiger partial charge in [-0.3, -0.25) is 13.9 Å². The molecule has 0 aliphatic heterocycles. The van der Waals surface area contributed by atoms with Gasteiger partial charge in [0.25, 0.3) is 5.56 Å².